The van der Waals surface area contributed by atoms with Gasteiger partial charge in [-0.15, -0.1) is 0 Å². The molecule has 1 rings (SSSR count). The third kappa shape index (κ3) is 4.05. The van der Waals surface area contributed by atoms with Crippen LogP contribution in [0.5, 0.6) is 5.75 Å². The molecule has 0 amide bonds. The van der Waals surface area contributed by atoms with Gasteiger partial charge in [0.1, 0.15) is 5.75 Å². The standard InChI is InChI=1S/C20H32O5S/c1-10-25-17(22)20(8,9)26(23,24)13-11-14(18(2,3)4)16(21)15(12-13)19(5,6)7/h11-12,21H,10H2,1-9H3. The van der Waals surface area contributed by atoms with E-state index < -0.39 is 31.4 Å². The van der Waals surface area contributed by atoms with Crippen molar-refractivity contribution in [3.05, 3.63) is 23.3 Å². The molecule has 0 unspecified atom stereocenters. The third-order valence-electron chi connectivity index (χ3n) is 4.45. The summed E-state index contributed by atoms with van der Waals surface area (Å²) in [4.78, 5) is 12.3. The Morgan fingerprint density at radius 3 is 1.65 bits per heavy atom. The number of carbonyl (C=O) groups is 1. The molecular formula is C20H32O5S. The Kier molecular flexibility index (Phi) is 5.94. The van der Waals surface area contributed by atoms with Crippen molar-refractivity contribution >= 4 is 15.8 Å². The smallest absolute Gasteiger partial charge is 0.327 e. The monoisotopic (exact) mass is 384 g/mol. The van der Waals surface area contributed by atoms with Crippen molar-refractivity contribution in [2.24, 2.45) is 0 Å². The molecule has 148 valence electrons. The molecule has 0 radical (unpaired) electrons. The molecule has 0 spiro atoms. The lowest BCUT2D eigenvalue weighted by molar-refractivity contribution is -0.145. The van der Waals surface area contributed by atoms with Crippen molar-refractivity contribution in [2.75, 3.05) is 6.61 Å². The normalized spacial score (nSPS) is 13.6. The van der Waals surface area contributed by atoms with Gasteiger partial charge in [-0.1, -0.05) is 41.5 Å². The van der Waals surface area contributed by atoms with Crippen LogP contribution < -0.4 is 0 Å². The number of hydrogen-bond acceptors (Lipinski definition) is 5. The van der Waals surface area contributed by atoms with E-state index in [4.69, 9.17) is 4.74 Å². The van der Waals surface area contributed by atoms with Crippen LogP contribution in [0, 0.1) is 0 Å². The van der Waals surface area contributed by atoms with E-state index in [9.17, 15) is 18.3 Å². The highest BCUT2D eigenvalue weighted by molar-refractivity contribution is 7.93. The lowest BCUT2D eigenvalue weighted by Gasteiger charge is -2.30. The quantitative estimate of drug-likeness (QED) is 0.790. The molecule has 0 aromatic heterocycles. The summed E-state index contributed by atoms with van der Waals surface area (Å²) in [5.74, 6) is -0.694. The van der Waals surface area contributed by atoms with Crippen LogP contribution in [0.25, 0.3) is 0 Å². The van der Waals surface area contributed by atoms with Crippen LogP contribution in [0.4, 0.5) is 0 Å². The largest absolute Gasteiger partial charge is 0.507 e. The Labute approximate surface area is 157 Å². The van der Waals surface area contributed by atoms with Gasteiger partial charge in [-0.25, -0.2) is 8.42 Å². The molecule has 0 saturated heterocycles. The molecule has 0 fully saturated rings. The van der Waals surface area contributed by atoms with Gasteiger partial charge >= 0.3 is 5.97 Å². The topological polar surface area (TPSA) is 80.7 Å². The van der Waals surface area contributed by atoms with Crippen molar-refractivity contribution in [1.82, 2.24) is 0 Å². The highest BCUT2D eigenvalue weighted by atomic mass is 32.2. The maximum absolute atomic E-state index is 13.3. The predicted molar refractivity (Wildman–Crippen MR) is 103 cm³/mol. The van der Waals surface area contributed by atoms with Gasteiger partial charge in [0.2, 0.25) is 0 Å². The number of hydrogen-bond donors (Lipinski definition) is 1. The Bertz CT molecular complexity index is 755. The zero-order valence-corrected chi connectivity index (χ0v) is 18.2. The van der Waals surface area contributed by atoms with Gasteiger partial charge in [-0.3, -0.25) is 4.79 Å². The van der Waals surface area contributed by atoms with Crippen molar-refractivity contribution in [3.8, 4) is 5.75 Å². The Hall–Kier alpha value is -1.56. The summed E-state index contributed by atoms with van der Waals surface area (Å²) in [5, 5.41) is 10.8. The van der Waals surface area contributed by atoms with Crippen LogP contribution >= 0.6 is 0 Å². The number of rotatable bonds is 4. The van der Waals surface area contributed by atoms with Crippen LogP contribution in [-0.4, -0.2) is 30.8 Å². The fourth-order valence-electron chi connectivity index (χ4n) is 2.62. The van der Waals surface area contributed by atoms with Gasteiger partial charge in [0.15, 0.2) is 14.6 Å². The minimum atomic E-state index is -4.03. The number of carbonyl (C=O) groups excluding carboxylic acids is 1. The maximum Gasteiger partial charge on any atom is 0.327 e. The molecule has 6 heteroatoms. The van der Waals surface area contributed by atoms with Crippen molar-refractivity contribution < 1.29 is 23.1 Å². The number of aromatic hydroxyl groups is 1. The molecule has 5 nitrogen and oxygen atoms in total. The summed E-state index contributed by atoms with van der Waals surface area (Å²) in [5.41, 5.74) is 0.124. The molecule has 1 N–H and O–H groups in total. The molecule has 0 aliphatic heterocycles. The number of ether oxygens (including phenoxy) is 1. The second kappa shape index (κ2) is 6.87. The first kappa shape index (κ1) is 22.5. The highest BCUT2D eigenvalue weighted by Crippen LogP contribution is 2.42. The van der Waals surface area contributed by atoms with Gasteiger partial charge in [-0.2, -0.15) is 0 Å². The second-order valence-electron chi connectivity index (χ2n) is 9.10. The van der Waals surface area contributed by atoms with Gasteiger partial charge < -0.3 is 9.84 Å². The Morgan fingerprint density at radius 2 is 1.35 bits per heavy atom. The van der Waals surface area contributed by atoms with Gasteiger partial charge in [0.25, 0.3) is 0 Å². The Balaban J connectivity index is 3.81. The van der Waals surface area contributed by atoms with E-state index in [0.29, 0.717) is 11.1 Å². The zero-order valence-electron chi connectivity index (χ0n) is 17.4. The summed E-state index contributed by atoms with van der Waals surface area (Å²) in [6.45, 7) is 15.9. The second-order valence-corrected chi connectivity index (χ2v) is 11.6. The average Bonchev–Trinajstić information content (AvgIpc) is 2.44. The number of esters is 1. The number of phenols is 1. The molecular weight excluding hydrogens is 352 g/mol. The number of phenolic OH excluding ortho intramolecular Hbond substituents is 1. The van der Waals surface area contributed by atoms with Crippen LogP contribution in [0.2, 0.25) is 0 Å². The molecule has 0 bridgehead atoms. The average molecular weight is 385 g/mol. The Morgan fingerprint density at radius 1 is 0.962 bits per heavy atom. The van der Waals surface area contributed by atoms with Crippen molar-refractivity contribution in [1.29, 1.82) is 0 Å². The first-order chi connectivity index (χ1) is 11.5. The first-order valence-corrected chi connectivity index (χ1v) is 10.3. The van der Waals surface area contributed by atoms with E-state index in [-0.39, 0.29) is 17.3 Å². The van der Waals surface area contributed by atoms with Crippen LogP contribution in [-0.2, 0) is 30.2 Å². The van der Waals surface area contributed by atoms with E-state index in [1.165, 1.54) is 26.0 Å². The SMILES string of the molecule is CCOC(=O)C(C)(C)S(=O)(=O)c1cc(C(C)(C)C)c(O)c(C(C)(C)C)c1. The minimum absolute atomic E-state index is 0.0169. The molecule has 0 atom stereocenters. The van der Waals surface area contributed by atoms with Crippen LogP contribution in [0.3, 0.4) is 0 Å². The third-order valence-corrected chi connectivity index (χ3v) is 6.82. The summed E-state index contributed by atoms with van der Waals surface area (Å²) < 4.78 is 29.7. The van der Waals surface area contributed by atoms with E-state index in [0.717, 1.165) is 0 Å². The molecule has 0 heterocycles. The fourth-order valence-corrected chi connectivity index (χ4v) is 4.03. The van der Waals surface area contributed by atoms with E-state index >= 15 is 0 Å². The van der Waals surface area contributed by atoms with Gasteiger partial charge in [-0.05, 0) is 43.7 Å². The fraction of sp³-hybridized carbons (Fsp3) is 0.650. The zero-order chi connectivity index (χ0) is 20.7. The summed E-state index contributed by atoms with van der Waals surface area (Å²) in [6.07, 6.45) is 0. The molecule has 0 aliphatic carbocycles. The maximum atomic E-state index is 13.3. The van der Waals surface area contributed by atoms with Crippen molar-refractivity contribution in [2.45, 2.75) is 82.8 Å². The van der Waals surface area contributed by atoms with Crippen LogP contribution in [0.15, 0.2) is 17.0 Å². The predicted octanol–water partition coefficient (Wildman–Crippen LogP) is 4.10. The molecule has 0 aliphatic rings. The van der Waals surface area contributed by atoms with E-state index in [1.807, 2.05) is 41.5 Å². The molecule has 1 aromatic rings. The minimum Gasteiger partial charge on any atom is -0.507 e. The molecule has 1 aromatic carbocycles. The lowest BCUT2D eigenvalue weighted by Crippen LogP contribution is -2.42. The molecule has 0 saturated carbocycles. The highest BCUT2D eigenvalue weighted by Gasteiger charge is 2.45. The first-order valence-electron chi connectivity index (χ1n) is 8.77. The van der Waals surface area contributed by atoms with E-state index in [2.05, 4.69) is 0 Å². The van der Waals surface area contributed by atoms with E-state index in [1.54, 1.807) is 6.92 Å². The lowest BCUT2D eigenvalue weighted by atomic mass is 9.79. The number of sulfone groups is 1. The summed E-state index contributed by atoms with van der Waals surface area (Å²) in [6, 6.07) is 2.95. The van der Waals surface area contributed by atoms with Gasteiger partial charge in [0.05, 0.1) is 11.5 Å². The summed E-state index contributed by atoms with van der Waals surface area (Å²) in [7, 11) is -4.03. The summed E-state index contributed by atoms with van der Waals surface area (Å²) >= 11 is 0. The molecule has 26 heavy (non-hydrogen) atoms. The van der Waals surface area contributed by atoms with Crippen LogP contribution in [0.1, 0.15) is 73.4 Å². The van der Waals surface area contributed by atoms with Crippen molar-refractivity contribution in [3.63, 3.8) is 0 Å². The number of benzene rings is 1. The van der Waals surface area contributed by atoms with Gasteiger partial charge in [0, 0.05) is 11.1 Å².